The minimum absolute atomic E-state index is 0.146. The molecule has 1 aromatic rings. The summed E-state index contributed by atoms with van der Waals surface area (Å²) in [5.41, 5.74) is -1.22. The molecule has 1 aromatic heterocycles. The smallest absolute Gasteiger partial charge is 0.256 e. The van der Waals surface area contributed by atoms with Gasteiger partial charge in [0.1, 0.15) is 6.07 Å². The summed E-state index contributed by atoms with van der Waals surface area (Å²) in [5.74, 6) is 0. The molecular formula is C6H3BrF3N3. The number of nitrogens with zero attached hydrogens (tertiary/aromatic N) is 3. The highest BCUT2D eigenvalue weighted by molar-refractivity contribution is 9.10. The number of aryl methyl sites for hydroxylation is 1. The van der Waals surface area contributed by atoms with Crippen LogP contribution in [0.25, 0.3) is 0 Å². The molecule has 0 unspecified atom stereocenters. The van der Waals surface area contributed by atoms with E-state index < -0.39 is 11.9 Å². The summed E-state index contributed by atoms with van der Waals surface area (Å²) >= 11 is 2.67. The van der Waals surface area contributed by atoms with Gasteiger partial charge < -0.3 is 0 Å². The zero-order valence-electron chi connectivity index (χ0n) is 6.35. The summed E-state index contributed by atoms with van der Waals surface area (Å²) in [7, 11) is 1.28. The van der Waals surface area contributed by atoms with Gasteiger partial charge in [-0.2, -0.15) is 23.5 Å². The number of hydrogen-bond acceptors (Lipinski definition) is 2. The van der Waals surface area contributed by atoms with Gasteiger partial charge in [0.2, 0.25) is 0 Å². The van der Waals surface area contributed by atoms with Crippen molar-refractivity contribution in [3.8, 4) is 6.07 Å². The molecule has 0 spiro atoms. The zero-order chi connectivity index (χ0) is 10.2. The van der Waals surface area contributed by atoms with Crippen LogP contribution in [0.1, 0.15) is 11.4 Å². The Kier molecular flexibility index (Phi) is 2.34. The Morgan fingerprint density at radius 2 is 2.08 bits per heavy atom. The fraction of sp³-hybridized carbons (Fsp3) is 0.333. The lowest BCUT2D eigenvalue weighted by Crippen LogP contribution is -2.07. The Labute approximate surface area is 79.9 Å². The molecule has 0 N–H and O–H groups in total. The van der Waals surface area contributed by atoms with Crippen molar-refractivity contribution in [1.29, 1.82) is 5.26 Å². The first-order valence-electron chi connectivity index (χ1n) is 3.07. The fourth-order valence-corrected chi connectivity index (χ4v) is 1.45. The number of aromatic nitrogens is 2. The molecule has 1 rings (SSSR count). The van der Waals surface area contributed by atoms with Crippen molar-refractivity contribution in [3.05, 3.63) is 15.9 Å². The van der Waals surface area contributed by atoms with Crippen LogP contribution in [-0.2, 0) is 13.2 Å². The van der Waals surface area contributed by atoms with Crippen molar-refractivity contribution in [1.82, 2.24) is 9.78 Å². The highest BCUT2D eigenvalue weighted by Crippen LogP contribution is 2.35. The third-order valence-corrected chi connectivity index (χ3v) is 2.11. The largest absolute Gasteiger partial charge is 0.436 e. The van der Waals surface area contributed by atoms with Crippen LogP contribution >= 0.6 is 15.9 Å². The molecule has 0 atom stereocenters. The van der Waals surface area contributed by atoms with E-state index in [1.807, 2.05) is 0 Å². The average Bonchev–Trinajstić information content (AvgIpc) is 2.25. The molecule has 0 fully saturated rings. The molecule has 0 saturated carbocycles. The van der Waals surface area contributed by atoms with Crippen LogP contribution in [0.4, 0.5) is 13.2 Å². The number of alkyl halides is 3. The fourth-order valence-electron chi connectivity index (χ4n) is 0.801. The Morgan fingerprint density at radius 3 is 2.31 bits per heavy atom. The Bertz CT molecular complexity index is 374. The number of hydrogen-bond donors (Lipinski definition) is 0. The van der Waals surface area contributed by atoms with Crippen LogP contribution in [0.3, 0.4) is 0 Å². The molecule has 0 aliphatic carbocycles. The first-order chi connectivity index (χ1) is 5.88. The Morgan fingerprint density at radius 1 is 1.54 bits per heavy atom. The van der Waals surface area contributed by atoms with E-state index in [4.69, 9.17) is 5.26 Å². The van der Waals surface area contributed by atoms with E-state index in [1.165, 1.54) is 7.05 Å². The maximum absolute atomic E-state index is 12.2. The second-order valence-electron chi connectivity index (χ2n) is 2.24. The van der Waals surface area contributed by atoms with Crippen molar-refractivity contribution in [2.45, 2.75) is 6.18 Å². The van der Waals surface area contributed by atoms with Crippen LogP contribution in [0, 0.1) is 11.3 Å². The molecular weight excluding hydrogens is 251 g/mol. The van der Waals surface area contributed by atoms with Crippen LogP contribution in [0.5, 0.6) is 0 Å². The summed E-state index contributed by atoms with van der Waals surface area (Å²) in [6.45, 7) is 0. The standard InChI is InChI=1S/C6H3BrF3N3/c1-13-3(2-11)4(7)5(12-13)6(8,9)10/h1H3. The maximum atomic E-state index is 12.2. The van der Waals surface area contributed by atoms with Gasteiger partial charge in [0, 0.05) is 7.05 Å². The molecule has 0 saturated heterocycles. The van der Waals surface area contributed by atoms with Gasteiger partial charge in [0.25, 0.3) is 0 Å². The van der Waals surface area contributed by atoms with Gasteiger partial charge >= 0.3 is 6.18 Å². The SMILES string of the molecule is Cn1nc(C(F)(F)F)c(Br)c1C#N. The summed E-state index contributed by atoms with van der Waals surface area (Å²) < 4.78 is 37.1. The van der Waals surface area contributed by atoms with Gasteiger partial charge in [-0.15, -0.1) is 0 Å². The second kappa shape index (κ2) is 3.03. The van der Waals surface area contributed by atoms with Gasteiger partial charge in [0.15, 0.2) is 11.4 Å². The lowest BCUT2D eigenvalue weighted by Gasteiger charge is -2.00. The first-order valence-corrected chi connectivity index (χ1v) is 3.87. The van der Waals surface area contributed by atoms with Crippen molar-refractivity contribution in [2.24, 2.45) is 7.05 Å². The molecule has 0 bridgehead atoms. The normalized spacial score (nSPS) is 11.4. The third-order valence-electron chi connectivity index (χ3n) is 1.36. The molecule has 1 heterocycles. The van der Waals surface area contributed by atoms with E-state index in [-0.39, 0.29) is 10.2 Å². The van der Waals surface area contributed by atoms with E-state index in [0.29, 0.717) is 0 Å². The van der Waals surface area contributed by atoms with Crippen LogP contribution in [0.2, 0.25) is 0 Å². The highest BCUT2D eigenvalue weighted by Gasteiger charge is 2.38. The number of halogens is 4. The highest BCUT2D eigenvalue weighted by atomic mass is 79.9. The Balaban J connectivity index is 3.37. The van der Waals surface area contributed by atoms with Gasteiger partial charge in [-0.05, 0) is 15.9 Å². The molecule has 0 aromatic carbocycles. The number of nitriles is 1. The van der Waals surface area contributed by atoms with Gasteiger partial charge in [0.05, 0.1) is 4.47 Å². The summed E-state index contributed by atoms with van der Waals surface area (Å²) in [6.07, 6.45) is -4.54. The Hall–Kier alpha value is -1.03. The van der Waals surface area contributed by atoms with Crippen molar-refractivity contribution in [2.75, 3.05) is 0 Å². The molecule has 7 heteroatoms. The number of rotatable bonds is 0. The first kappa shape index (κ1) is 10.1. The molecule has 0 radical (unpaired) electrons. The molecule has 70 valence electrons. The molecule has 13 heavy (non-hydrogen) atoms. The molecule has 0 amide bonds. The van der Waals surface area contributed by atoms with E-state index in [2.05, 4.69) is 21.0 Å². The van der Waals surface area contributed by atoms with E-state index >= 15 is 0 Å². The third kappa shape index (κ3) is 1.67. The average molecular weight is 254 g/mol. The summed E-state index contributed by atoms with van der Waals surface area (Å²) in [5, 5.41) is 11.6. The quantitative estimate of drug-likeness (QED) is 0.711. The lowest BCUT2D eigenvalue weighted by atomic mass is 10.3. The topological polar surface area (TPSA) is 41.6 Å². The van der Waals surface area contributed by atoms with E-state index in [1.54, 1.807) is 6.07 Å². The van der Waals surface area contributed by atoms with Crippen molar-refractivity contribution >= 4 is 15.9 Å². The molecule has 0 aliphatic rings. The lowest BCUT2D eigenvalue weighted by molar-refractivity contribution is -0.142. The minimum atomic E-state index is -4.54. The maximum Gasteiger partial charge on any atom is 0.436 e. The van der Waals surface area contributed by atoms with Crippen LogP contribution in [0.15, 0.2) is 4.47 Å². The van der Waals surface area contributed by atoms with Crippen molar-refractivity contribution in [3.63, 3.8) is 0 Å². The van der Waals surface area contributed by atoms with Crippen LogP contribution < -0.4 is 0 Å². The van der Waals surface area contributed by atoms with Gasteiger partial charge in [-0.1, -0.05) is 0 Å². The van der Waals surface area contributed by atoms with E-state index in [9.17, 15) is 13.2 Å². The van der Waals surface area contributed by atoms with Crippen molar-refractivity contribution < 1.29 is 13.2 Å². The zero-order valence-corrected chi connectivity index (χ0v) is 7.94. The summed E-state index contributed by atoms with van der Waals surface area (Å²) in [4.78, 5) is 0. The monoisotopic (exact) mass is 253 g/mol. The molecule has 3 nitrogen and oxygen atoms in total. The predicted molar refractivity (Wildman–Crippen MR) is 40.6 cm³/mol. The van der Waals surface area contributed by atoms with E-state index in [0.717, 1.165) is 4.68 Å². The molecule has 0 aliphatic heterocycles. The summed E-state index contributed by atoms with van der Waals surface area (Å²) in [6, 6.07) is 1.61. The second-order valence-corrected chi connectivity index (χ2v) is 3.04. The minimum Gasteiger partial charge on any atom is -0.256 e. The van der Waals surface area contributed by atoms with Gasteiger partial charge in [-0.3, -0.25) is 4.68 Å². The van der Waals surface area contributed by atoms with Crippen LogP contribution in [-0.4, -0.2) is 9.78 Å². The predicted octanol–water partition coefficient (Wildman–Crippen LogP) is 2.07. The van der Waals surface area contributed by atoms with Gasteiger partial charge in [-0.25, -0.2) is 0 Å².